The zero-order valence-electron chi connectivity index (χ0n) is 10.9. The van der Waals surface area contributed by atoms with Crippen LogP contribution in [0.4, 0.5) is 0 Å². The van der Waals surface area contributed by atoms with E-state index in [1.165, 1.54) is 5.69 Å². The number of hydrogen-bond acceptors (Lipinski definition) is 3. The fraction of sp³-hybridized carbons (Fsp3) is 0.357. The predicted octanol–water partition coefficient (Wildman–Crippen LogP) is 2.41. The van der Waals surface area contributed by atoms with Crippen molar-refractivity contribution < 1.29 is 4.74 Å². The van der Waals surface area contributed by atoms with Gasteiger partial charge in [-0.05, 0) is 37.1 Å². The Morgan fingerprint density at radius 1 is 1.42 bits per heavy atom. The number of nitrogens with two attached hydrogens (primary N) is 1. The lowest BCUT2D eigenvalue weighted by Crippen LogP contribution is -2.28. The van der Waals surface area contributed by atoms with Crippen LogP contribution in [0, 0.1) is 0 Å². The Balaban J connectivity index is 1.76. The lowest BCUT2D eigenvalue weighted by molar-refractivity contribution is 0.281. The smallest absolute Gasteiger partial charge is 0.120 e. The van der Waals surface area contributed by atoms with Crippen molar-refractivity contribution in [2.24, 2.45) is 12.8 Å². The summed E-state index contributed by atoms with van der Waals surface area (Å²) in [6.45, 7) is 0.484. The maximum Gasteiger partial charge on any atom is 0.120 e. The van der Waals surface area contributed by atoms with Crippen LogP contribution in [0.2, 0.25) is 5.02 Å². The van der Waals surface area contributed by atoms with Crippen molar-refractivity contribution in [2.45, 2.75) is 18.9 Å². The number of nitrogens with zero attached hydrogens (tertiary/aromatic N) is 2. The van der Waals surface area contributed by atoms with Gasteiger partial charge in [0.2, 0.25) is 0 Å². The quantitative estimate of drug-likeness (QED) is 0.883. The standard InChI is InChI=1S/C14H18ClN3O/c1-18-13(7-8-17-18)6-5-12(16)10-19-14-4-2-3-11(15)9-14/h2-4,7-9,12H,5-6,10,16H2,1H3. The number of halogens is 1. The van der Waals surface area contributed by atoms with Crippen molar-refractivity contribution in [3.8, 4) is 5.75 Å². The highest BCUT2D eigenvalue weighted by Crippen LogP contribution is 2.17. The van der Waals surface area contributed by atoms with Crippen LogP contribution in [0.3, 0.4) is 0 Å². The van der Waals surface area contributed by atoms with Crippen LogP contribution in [0.1, 0.15) is 12.1 Å². The highest BCUT2D eigenvalue weighted by atomic mass is 35.5. The summed E-state index contributed by atoms with van der Waals surface area (Å²) in [5.41, 5.74) is 7.22. The topological polar surface area (TPSA) is 53.1 Å². The Morgan fingerprint density at radius 3 is 2.95 bits per heavy atom. The minimum absolute atomic E-state index is 0.00567. The SMILES string of the molecule is Cn1nccc1CCC(N)COc1cccc(Cl)c1. The molecule has 0 aliphatic heterocycles. The summed E-state index contributed by atoms with van der Waals surface area (Å²) in [5, 5.41) is 4.80. The minimum atomic E-state index is -0.00567. The second kappa shape index (κ2) is 6.59. The van der Waals surface area contributed by atoms with Crippen LogP contribution in [0.15, 0.2) is 36.5 Å². The first-order chi connectivity index (χ1) is 9.15. The molecule has 0 aliphatic carbocycles. The normalized spacial score (nSPS) is 12.4. The van der Waals surface area contributed by atoms with Gasteiger partial charge >= 0.3 is 0 Å². The molecule has 2 rings (SSSR count). The van der Waals surface area contributed by atoms with Gasteiger partial charge in [0.1, 0.15) is 12.4 Å². The van der Waals surface area contributed by atoms with Gasteiger partial charge in [-0.15, -0.1) is 0 Å². The van der Waals surface area contributed by atoms with E-state index in [1.807, 2.05) is 36.0 Å². The van der Waals surface area contributed by atoms with E-state index in [0.29, 0.717) is 11.6 Å². The first kappa shape index (κ1) is 13.9. The first-order valence-corrected chi connectivity index (χ1v) is 6.64. The summed E-state index contributed by atoms with van der Waals surface area (Å²) in [4.78, 5) is 0. The summed E-state index contributed by atoms with van der Waals surface area (Å²) in [6.07, 6.45) is 3.56. The average Bonchev–Trinajstić information content (AvgIpc) is 2.80. The molecule has 0 bridgehead atoms. The molecule has 0 spiro atoms. The van der Waals surface area contributed by atoms with E-state index < -0.39 is 0 Å². The molecule has 0 saturated heterocycles. The van der Waals surface area contributed by atoms with Gasteiger partial charge in [-0.1, -0.05) is 17.7 Å². The van der Waals surface area contributed by atoms with Crippen LogP contribution in [0.25, 0.3) is 0 Å². The lowest BCUT2D eigenvalue weighted by atomic mass is 10.1. The molecule has 102 valence electrons. The zero-order chi connectivity index (χ0) is 13.7. The maximum atomic E-state index is 6.04. The van der Waals surface area contributed by atoms with Crippen molar-refractivity contribution in [2.75, 3.05) is 6.61 Å². The molecule has 0 amide bonds. The summed E-state index contributed by atoms with van der Waals surface area (Å²) in [7, 11) is 1.93. The number of ether oxygens (including phenoxy) is 1. The number of aromatic nitrogens is 2. The molecule has 1 atom stereocenters. The fourth-order valence-electron chi connectivity index (χ4n) is 1.82. The second-order valence-corrected chi connectivity index (χ2v) is 4.95. The molecule has 0 radical (unpaired) electrons. The minimum Gasteiger partial charge on any atom is -0.492 e. The van der Waals surface area contributed by atoms with Crippen LogP contribution in [-0.2, 0) is 13.5 Å². The van der Waals surface area contributed by atoms with Gasteiger partial charge in [0, 0.05) is 30.0 Å². The molecular weight excluding hydrogens is 262 g/mol. The maximum absolute atomic E-state index is 6.04. The number of rotatable bonds is 6. The van der Waals surface area contributed by atoms with Crippen molar-refractivity contribution >= 4 is 11.6 Å². The van der Waals surface area contributed by atoms with Gasteiger partial charge in [0.05, 0.1) is 0 Å². The molecule has 2 N–H and O–H groups in total. The van der Waals surface area contributed by atoms with Crippen molar-refractivity contribution in [3.63, 3.8) is 0 Å². The Bertz CT molecular complexity index is 527. The summed E-state index contributed by atoms with van der Waals surface area (Å²) in [5.74, 6) is 0.753. The monoisotopic (exact) mass is 279 g/mol. The third kappa shape index (κ3) is 4.26. The Morgan fingerprint density at radius 2 is 2.26 bits per heavy atom. The van der Waals surface area contributed by atoms with Crippen LogP contribution >= 0.6 is 11.6 Å². The molecule has 1 aromatic heterocycles. The Hall–Kier alpha value is -1.52. The molecule has 1 heterocycles. The van der Waals surface area contributed by atoms with Crippen LogP contribution in [0.5, 0.6) is 5.75 Å². The van der Waals surface area contributed by atoms with E-state index in [1.54, 1.807) is 12.3 Å². The Kier molecular flexibility index (Phi) is 4.82. The molecule has 2 aromatic rings. The van der Waals surface area contributed by atoms with E-state index in [2.05, 4.69) is 5.10 Å². The van der Waals surface area contributed by atoms with Gasteiger partial charge in [-0.2, -0.15) is 5.10 Å². The molecule has 0 aliphatic rings. The number of benzene rings is 1. The number of hydrogen-bond donors (Lipinski definition) is 1. The van der Waals surface area contributed by atoms with Crippen LogP contribution in [-0.4, -0.2) is 22.4 Å². The van der Waals surface area contributed by atoms with E-state index in [4.69, 9.17) is 22.1 Å². The molecule has 1 unspecified atom stereocenters. The molecular formula is C14H18ClN3O. The van der Waals surface area contributed by atoms with Crippen LogP contribution < -0.4 is 10.5 Å². The first-order valence-electron chi connectivity index (χ1n) is 6.26. The van der Waals surface area contributed by atoms with Crippen molar-refractivity contribution in [3.05, 3.63) is 47.2 Å². The molecule has 4 nitrogen and oxygen atoms in total. The predicted molar refractivity (Wildman–Crippen MR) is 76.5 cm³/mol. The average molecular weight is 280 g/mol. The van der Waals surface area contributed by atoms with Gasteiger partial charge in [0.15, 0.2) is 0 Å². The van der Waals surface area contributed by atoms with Crippen molar-refractivity contribution in [1.29, 1.82) is 0 Å². The summed E-state index contributed by atoms with van der Waals surface area (Å²) < 4.78 is 7.48. The lowest BCUT2D eigenvalue weighted by Gasteiger charge is -2.13. The largest absolute Gasteiger partial charge is 0.492 e. The van der Waals surface area contributed by atoms with Gasteiger partial charge in [-0.3, -0.25) is 4.68 Å². The van der Waals surface area contributed by atoms with Crippen molar-refractivity contribution in [1.82, 2.24) is 9.78 Å². The summed E-state index contributed by atoms with van der Waals surface area (Å²) >= 11 is 5.89. The van der Waals surface area contributed by atoms with Gasteiger partial charge in [0.25, 0.3) is 0 Å². The zero-order valence-corrected chi connectivity index (χ0v) is 11.7. The molecule has 19 heavy (non-hydrogen) atoms. The highest BCUT2D eigenvalue weighted by Gasteiger charge is 2.06. The van der Waals surface area contributed by atoms with E-state index in [0.717, 1.165) is 18.6 Å². The number of aryl methyl sites for hydroxylation is 2. The second-order valence-electron chi connectivity index (χ2n) is 4.51. The van der Waals surface area contributed by atoms with E-state index >= 15 is 0 Å². The molecule has 0 saturated carbocycles. The van der Waals surface area contributed by atoms with E-state index in [-0.39, 0.29) is 6.04 Å². The third-order valence-corrected chi connectivity index (χ3v) is 3.19. The fourth-order valence-corrected chi connectivity index (χ4v) is 2.00. The Labute approximate surface area is 118 Å². The van der Waals surface area contributed by atoms with E-state index in [9.17, 15) is 0 Å². The molecule has 5 heteroatoms. The van der Waals surface area contributed by atoms with Gasteiger partial charge in [-0.25, -0.2) is 0 Å². The molecule has 1 aromatic carbocycles. The molecule has 0 fully saturated rings. The highest BCUT2D eigenvalue weighted by molar-refractivity contribution is 6.30. The summed E-state index contributed by atoms with van der Waals surface area (Å²) in [6, 6.07) is 9.34. The third-order valence-electron chi connectivity index (χ3n) is 2.95. The van der Waals surface area contributed by atoms with Gasteiger partial charge < -0.3 is 10.5 Å².